The molecule has 8 nitrogen and oxygen atoms in total. The number of hydrogen-bond acceptors (Lipinski definition) is 13. The number of aliphatic carboxylic acids is 2. The molecule has 0 radical (unpaired) electrons. The third-order valence-electron chi connectivity index (χ3n) is 5.44. The zero-order chi connectivity index (χ0) is 27.8. The van der Waals surface area contributed by atoms with E-state index in [-0.39, 0.29) is 22.6 Å². The van der Waals surface area contributed by atoms with E-state index < -0.39 is 23.9 Å². The molecule has 198 valence electrons. The average Bonchev–Trinajstić information content (AvgIpc) is 3.67. The normalized spacial score (nSPS) is 11.1. The molecule has 0 saturated carbocycles. The second-order valence-electron chi connectivity index (χ2n) is 8.09. The van der Waals surface area contributed by atoms with Crippen LogP contribution in [0.1, 0.15) is 30.5 Å². The third-order valence-corrected chi connectivity index (χ3v) is 11.8. The van der Waals surface area contributed by atoms with Crippen molar-refractivity contribution < 1.29 is 39.6 Å². The molecule has 5 heterocycles. The molecule has 5 rings (SSSR count). The number of carbonyl (C=O) groups is 4. The molecule has 0 aliphatic carbocycles. The van der Waals surface area contributed by atoms with Crippen molar-refractivity contribution in [3.63, 3.8) is 0 Å². The quantitative estimate of drug-likeness (QED) is 0.231. The lowest BCUT2D eigenvalue weighted by molar-refractivity contribution is -0.306. The minimum Gasteiger partial charge on any atom is -0.550 e. The van der Waals surface area contributed by atoms with Crippen molar-refractivity contribution in [3.05, 3.63) is 69.4 Å². The number of rotatable bonds is 10. The summed E-state index contributed by atoms with van der Waals surface area (Å²) in [5.74, 6) is -5.10. The maximum Gasteiger partial charge on any atom is 0.0815 e. The maximum atomic E-state index is 11.5. The van der Waals surface area contributed by atoms with Crippen molar-refractivity contribution in [1.29, 1.82) is 0 Å². The van der Waals surface area contributed by atoms with E-state index >= 15 is 0 Å². The van der Waals surface area contributed by atoms with Crippen LogP contribution < -0.4 is 20.4 Å². The first-order valence-corrected chi connectivity index (χ1v) is 15.1. The first kappa shape index (κ1) is 27.0. The number of carboxylic acids is 4. The van der Waals surface area contributed by atoms with Gasteiger partial charge in [-0.3, -0.25) is 0 Å². The molecule has 0 bridgehead atoms. The van der Waals surface area contributed by atoms with Gasteiger partial charge in [0.05, 0.1) is 21.7 Å². The lowest BCUT2D eigenvalue weighted by Crippen LogP contribution is -2.24. The van der Waals surface area contributed by atoms with Gasteiger partial charge >= 0.3 is 0 Å². The summed E-state index contributed by atoms with van der Waals surface area (Å²) < 4.78 is 0. The molecule has 0 aliphatic heterocycles. The van der Waals surface area contributed by atoms with Crippen LogP contribution >= 0.6 is 56.7 Å². The Kier molecular flexibility index (Phi) is 7.51. The molecule has 5 aromatic rings. The molecule has 0 N–H and O–H groups in total. The van der Waals surface area contributed by atoms with E-state index in [1.165, 1.54) is 46.1 Å². The van der Waals surface area contributed by atoms with Crippen LogP contribution in [0, 0.1) is 0 Å². The van der Waals surface area contributed by atoms with Gasteiger partial charge in [-0.2, -0.15) is 0 Å². The fourth-order valence-corrected chi connectivity index (χ4v) is 9.33. The van der Waals surface area contributed by atoms with E-state index in [1.54, 1.807) is 24.3 Å². The number of carboxylic acid groups (broad SMARTS) is 4. The fraction of sp³-hybridized carbons (Fsp3) is 0.0769. The van der Waals surface area contributed by atoms with Gasteiger partial charge < -0.3 is 39.6 Å². The molecular formula is C26H12O8S5-4. The Morgan fingerprint density at radius 2 is 0.872 bits per heavy atom. The SMILES string of the molecule is O=C([O-])Cc1cc(-c2ccc(C(=O)[O-])s2)sc1-c1ccc(-c2sc(-c3ccc(C(=O)[O-])s3)cc2CC(=O)[O-])s1. The smallest absolute Gasteiger partial charge is 0.0815 e. The Bertz CT molecular complexity index is 1620. The largest absolute Gasteiger partial charge is 0.550 e. The second kappa shape index (κ2) is 10.9. The molecule has 0 aromatic carbocycles. The van der Waals surface area contributed by atoms with Crippen LogP contribution in [0.3, 0.4) is 0 Å². The molecular weight excluding hydrogens is 601 g/mol. The summed E-state index contributed by atoms with van der Waals surface area (Å²) >= 11 is 6.06. The Morgan fingerprint density at radius 3 is 1.21 bits per heavy atom. The van der Waals surface area contributed by atoms with Gasteiger partial charge in [-0.1, -0.05) is 0 Å². The van der Waals surface area contributed by atoms with Gasteiger partial charge in [0, 0.05) is 63.8 Å². The van der Waals surface area contributed by atoms with E-state index in [1.807, 2.05) is 12.1 Å². The minimum atomic E-state index is -1.29. The molecule has 0 aliphatic rings. The van der Waals surface area contributed by atoms with Crippen LogP contribution in [0.15, 0.2) is 48.5 Å². The summed E-state index contributed by atoms with van der Waals surface area (Å²) in [7, 11) is 0. The monoisotopic (exact) mass is 612 g/mol. The van der Waals surface area contributed by atoms with Gasteiger partial charge in [0.1, 0.15) is 0 Å². The van der Waals surface area contributed by atoms with Crippen LogP contribution in [0.25, 0.3) is 39.0 Å². The van der Waals surface area contributed by atoms with Crippen LogP contribution in [0.4, 0.5) is 0 Å². The zero-order valence-electron chi connectivity index (χ0n) is 19.3. The summed E-state index contributed by atoms with van der Waals surface area (Å²) in [5.41, 5.74) is 1.03. The molecule has 0 saturated heterocycles. The van der Waals surface area contributed by atoms with Crippen LogP contribution in [-0.4, -0.2) is 23.9 Å². The topological polar surface area (TPSA) is 161 Å². The predicted octanol–water partition coefficient (Wildman–Crippen LogP) is 1.97. The summed E-state index contributed by atoms with van der Waals surface area (Å²) in [4.78, 5) is 51.0. The number of thiophene rings is 5. The van der Waals surface area contributed by atoms with Crippen molar-refractivity contribution in [2.45, 2.75) is 12.8 Å². The van der Waals surface area contributed by atoms with Gasteiger partial charge in [0.25, 0.3) is 0 Å². The maximum absolute atomic E-state index is 11.5. The highest BCUT2D eigenvalue weighted by atomic mass is 32.1. The fourth-order valence-electron chi connectivity index (χ4n) is 3.83. The standard InChI is InChI=1S/C26H16O8S5/c27-21(28)9-11-7-19(13-1-5-17(35-13)25(31)32)38-23(11)15-3-4-16(37-15)24-12(10-22(29)30)8-20(39-24)14-2-6-18(36-14)26(33)34/h1-8H,9-10H2,(H,27,28)(H,29,30)(H,31,32)(H,33,34)/p-4. The number of carbonyl (C=O) groups excluding carboxylic acids is 4. The highest BCUT2D eigenvalue weighted by molar-refractivity contribution is 7.30. The Balaban J connectivity index is 1.54. The van der Waals surface area contributed by atoms with E-state index in [0.717, 1.165) is 32.4 Å². The molecule has 0 atom stereocenters. The lowest BCUT2D eigenvalue weighted by Gasteiger charge is -2.03. The number of aromatic carboxylic acids is 2. The molecule has 13 heteroatoms. The predicted molar refractivity (Wildman–Crippen MR) is 144 cm³/mol. The van der Waals surface area contributed by atoms with Crippen LogP contribution in [0.2, 0.25) is 0 Å². The minimum absolute atomic E-state index is 0.0613. The van der Waals surface area contributed by atoms with Crippen molar-refractivity contribution >= 4 is 80.6 Å². The molecule has 0 unspecified atom stereocenters. The average molecular weight is 613 g/mol. The van der Waals surface area contributed by atoms with E-state index in [4.69, 9.17) is 0 Å². The van der Waals surface area contributed by atoms with Gasteiger partial charge in [0.2, 0.25) is 0 Å². The Labute approximate surface area is 240 Å². The Hall–Kier alpha value is -3.62. The molecule has 0 spiro atoms. The lowest BCUT2D eigenvalue weighted by atomic mass is 10.1. The third kappa shape index (κ3) is 5.72. The summed E-state index contributed by atoms with van der Waals surface area (Å²) in [5, 5.41) is 45.3. The van der Waals surface area contributed by atoms with Gasteiger partial charge in [0.15, 0.2) is 0 Å². The van der Waals surface area contributed by atoms with Gasteiger partial charge in [-0.15, -0.1) is 56.7 Å². The molecule has 0 fully saturated rings. The first-order chi connectivity index (χ1) is 18.6. The highest BCUT2D eigenvalue weighted by Gasteiger charge is 2.19. The first-order valence-electron chi connectivity index (χ1n) is 11.0. The number of hydrogen-bond donors (Lipinski definition) is 0. The van der Waals surface area contributed by atoms with Crippen molar-refractivity contribution in [2.24, 2.45) is 0 Å². The highest BCUT2D eigenvalue weighted by Crippen LogP contribution is 2.47. The van der Waals surface area contributed by atoms with Crippen molar-refractivity contribution in [1.82, 2.24) is 0 Å². The van der Waals surface area contributed by atoms with Gasteiger partial charge in [-0.25, -0.2) is 0 Å². The van der Waals surface area contributed by atoms with Crippen molar-refractivity contribution in [2.75, 3.05) is 0 Å². The van der Waals surface area contributed by atoms with Crippen LogP contribution in [0.5, 0.6) is 0 Å². The zero-order valence-corrected chi connectivity index (χ0v) is 23.4. The molecule has 0 amide bonds. The molecule has 5 aromatic heterocycles. The Morgan fingerprint density at radius 1 is 0.487 bits per heavy atom. The van der Waals surface area contributed by atoms with Crippen LogP contribution in [-0.2, 0) is 22.4 Å². The van der Waals surface area contributed by atoms with E-state index in [0.29, 0.717) is 40.4 Å². The summed E-state index contributed by atoms with van der Waals surface area (Å²) in [6.07, 6.45) is -0.675. The van der Waals surface area contributed by atoms with Crippen molar-refractivity contribution in [3.8, 4) is 39.0 Å². The molecule has 39 heavy (non-hydrogen) atoms. The summed E-state index contributed by atoms with van der Waals surface area (Å²) in [6.45, 7) is 0. The van der Waals surface area contributed by atoms with E-state index in [2.05, 4.69) is 0 Å². The summed E-state index contributed by atoms with van der Waals surface area (Å²) in [6, 6.07) is 13.2. The van der Waals surface area contributed by atoms with Gasteiger partial charge in [-0.05, 0) is 59.7 Å². The van der Waals surface area contributed by atoms with E-state index in [9.17, 15) is 39.6 Å². The second-order valence-corrected chi connectivity index (χ2v) is 13.4.